The molecule has 0 fully saturated rings. The predicted octanol–water partition coefficient (Wildman–Crippen LogP) is 0.369. The van der Waals surface area contributed by atoms with Crippen LogP contribution in [0.1, 0.15) is 0 Å². The topological polar surface area (TPSA) is 51.6 Å². The Balaban J connectivity index is 0.000000605. The van der Waals surface area contributed by atoms with Gasteiger partial charge >= 0.3 is 0 Å². The van der Waals surface area contributed by atoms with Crippen LogP contribution in [0.15, 0.2) is 24.4 Å². The summed E-state index contributed by atoms with van der Waals surface area (Å²) in [6.45, 7) is 0. The van der Waals surface area contributed by atoms with Crippen LogP contribution in [0.2, 0.25) is 0 Å². The largest absolute Gasteiger partial charge is 0.234 e. The molecule has 2 aliphatic rings. The van der Waals surface area contributed by atoms with Crippen LogP contribution in [0, 0.1) is 0 Å². The molecule has 0 amide bonds. The van der Waals surface area contributed by atoms with Crippen molar-refractivity contribution in [3.63, 3.8) is 0 Å². The second-order valence-corrected chi connectivity index (χ2v) is 1.83. The summed E-state index contributed by atoms with van der Waals surface area (Å²) in [5.41, 5.74) is 0.727. The average Bonchev–Trinajstić information content (AvgIpc) is 2.28. The van der Waals surface area contributed by atoms with Gasteiger partial charge < -0.3 is 0 Å². The third kappa shape index (κ3) is 1.50. The average molecular weight is 188 g/mol. The molecule has 56 valence electrons. The first-order chi connectivity index (χ1) is 4.97. The Hall–Kier alpha value is -1.06. The number of rotatable bonds is 0. The minimum absolute atomic E-state index is 0. The van der Waals surface area contributed by atoms with E-state index in [1.165, 1.54) is 0 Å². The van der Waals surface area contributed by atoms with Gasteiger partial charge in [0, 0.05) is 23.3 Å². The Bertz CT molecular complexity index is 285. The van der Waals surface area contributed by atoms with Gasteiger partial charge in [0.1, 0.15) is 5.69 Å². The Morgan fingerprint density at radius 3 is 2.91 bits per heavy atom. The molecule has 5 heteroatoms. The van der Waals surface area contributed by atoms with Crippen molar-refractivity contribution in [2.75, 3.05) is 0 Å². The summed E-state index contributed by atoms with van der Waals surface area (Å²) in [7, 11) is 0. The van der Waals surface area contributed by atoms with E-state index in [1.807, 2.05) is 18.2 Å². The van der Waals surface area contributed by atoms with E-state index >= 15 is 0 Å². The van der Waals surface area contributed by atoms with E-state index < -0.39 is 0 Å². The molecule has 2 aliphatic heterocycles. The SMILES string of the molecule is [Fe].c1ccc2nnnc-2nc1. The summed E-state index contributed by atoms with van der Waals surface area (Å²) in [5, 5.41) is 10.9. The molecule has 0 bridgehead atoms. The monoisotopic (exact) mass is 188 g/mol. The van der Waals surface area contributed by atoms with Gasteiger partial charge in [0.25, 0.3) is 0 Å². The number of fused-ring (bicyclic) bond motifs is 1. The van der Waals surface area contributed by atoms with Gasteiger partial charge in [-0.2, -0.15) is 0 Å². The van der Waals surface area contributed by atoms with Gasteiger partial charge in [0.2, 0.25) is 5.82 Å². The predicted molar refractivity (Wildman–Crippen MR) is 34.2 cm³/mol. The van der Waals surface area contributed by atoms with E-state index in [9.17, 15) is 0 Å². The Morgan fingerprint density at radius 1 is 1.09 bits per heavy atom. The first-order valence-corrected chi connectivity index (χ1v) is 2.87. The van der Waals surface area contributed by atoms with E-state index in [0.29, 0.717) is 5.82 Å². The number of hydrogen-bond donors (Lipinski definition) is 0. The van der Waals surface area contributed by atoms with Crippen molar-refractivity contribution in [2.24, 2.45) is 0 Å². The molecule has 4 nitrogen and oxygen atoms in total. The zero-order chi connectivity index (χ0) is 6.81. The van der Waals surface area contributed by atoms with E-state index in [1.54, 1.807) is 6.20 Å². The maximum Gasteiger partial charge on any atom is 0.204 e. The van der Waals surface area contributed by atoms with Crippen molar-refractivity contribution in [1.29, 1.82) is 0 Å². The maximum absolute atomic E-state index is 3.97. The van der Waals surface area contributed by atoms with Crippen molar-refractivity contribution >= 4 is 0 Å². The van der Waals surface area contributed by atoms with Gasteiger partial charge in [-0.3, -0.25) is 0 Å². The molecule has 0 spiro atoms. The molecule has 0 aliphatic carbocycles. The van der Waals surface area contributed by atoms with Gasteiger partial charge in [0.05, 0.1) is 0 Å². The molecule has 2 heterocycles. The van der Waals surface area contributed by atoms with E-state index in [0.717, 1.165) is 5.69 Å². The molecule has 0 aromatic rings. The summed E-state index contributed by atoms with van der Waals surface area (Å²) in [4.78, 5) is 3.97. The molecule has 0 saturated carbocycles. The fourth-order valence-corrected chi connectivity index (χ4v) is 0.719. The molecular weight excluding hydrogens is 184 g/mol. The smallest absolute Gasteiger partial charge is 0.204 e. The Labute approximate surface area is 73.9 Å². The van der Waals surface area contributed by atoms with Crippen LogP contribution >= 0.6 is 0 Å². The number of aromatic nitrogens is 4. The summed E-state index contributed by atoms with van der Waals surface area (Å²) in [5.74, 6) is 0.588. The fourth-order valence-electron chi connectivity index (χ4n) is 0.719. The molecule has 0 aromatic carbocycles. The van der Waals surface area contributed by atoms with Crippen LogP contribution in [0.5, 0.6) is 0 Å². The third-order valence-electron chi connectivity index (χ3n) is 1.17. The maximum atomic E-state index is 3.97. The molecular formula is C6H4FeN4. The summed E-state index contributed by atoms with van der Waals surface area (Å²) in [6.07, 6.45) is 1.67. The van der Waals surface area contributed by atoms with Crippen molar-refractivity contribution < 1.29 is 17.1 Å². The third-order valence-corrected chi connectivity index (χ3v) is 1.17. The van der Waals surface area contributed by atoms with Crippen LogP contribution in [0.3, 0.4) is 0 Å². The Morgan fingerprint density at radius 2 is 2.00 bits per heavy atom. The molecule has 0 saturated heterocycles. The van der Waals surface area contributed by atoms with Gasteiger partial charge in [-0.05, 0) is 17.3 Å². The second-order valence-electron chi connectivity index (χ2n) is 1.83. The second kappa shape index (κ2) is 3.37. The minimum atomic E-state index is 0. The molecule has 0 radical (unpaired) electrons. The summed E-state index contributed by atoms with van der Waals surface area (Å²) >= 11 is 0. The van der Waals surface area contributed by atoms with E-state index in [2.05, 4.69) is 20.4 Å². The van der Waals surface area contributed by atoms with Crippen molar-refractivity contribution in [2.45, 2.75) is 0 Å². The molecule has 0 N–H and O–H groups in total. The number of nitrogens with zero attached hydrogens (tertiary/aromatic N) is 4. The standard InChI is InChI=1S/C6H4N4.Fe/c1-2-4-7-6-5(3-1)8-10-9-6;/h1-4H;. The zero-order valence-corrected chi connectivity index (χ0v) is 6.56. The zero-order valence-electron chi connectivity index (χ0n) is 5.45. The van der Waals surface area contributed by atoms with Gasteiger partial charge in [0.15, 0.2) is 0 Å². The van der Waals surface area contributed by atoms with E-state index in [-0.39, 0.29) is 17.1 Å². The minimum Gasteiger partial charge on any atom is -0.234 e. The number of hydrogen-bond acceptors (Lipinski definition) is 4. The first-order valence-electron chi connectivity index (χ1n) is 2.87. The van der Waals surface area contributed by atoms with Gasteiger partial charge in [-0.25, -0.2) is 4.98 Å². The van der Waals surface area contributed by atoms with Crippen LogP contribution in [0.25, 0.3) is 11.5 Å². The molecule has 11 heavy (non-hydrogen) atoms. The summed E-state index contributed by atoms with van der Waals surface area (Å²) < 4.78 is 0. The fraction of sp³-hybridized carbons (Fsp3) is 0. The quantitative estimate of drug-likeness (QED) is 0.560. The molecule has 0 aromatic heterocycles. The molecule has 0 atom stereocenters. The Kier molecular flexibility index (Phi) is 2.46. The summed E-state index contributed by atoms with van der Waals surface area (Å²) in [6, 6.07) is 5.50. The molecule has 0 unspecified atom stereocenters. The first kappa shape index (κ1) is 8.04. The van der Waals surface area contributed by atoms with Crippen LogP contribution in [-0.2, 0) is 17.1 Å². The van der Waals surface area contributed by atoms with Crippen molar-refractivity contribution in [3.05, 3.63) is 24.4 Å². The van der Waals surface area contributed by atoms with Crippen LogP contribution in [0.4, 0.5) is 0 Å². The molecule has 2 rings (SSSR count). The van der Waals surface area contributed by atoms with Crippen LogP contribution in [-0.4, -0.2) is 20.4 Å². The van der Waals surface area contributed by atoms with Crippen molar-refractivity contribution in [3.8, 4) is 11.5 Å². The van der Waals surface area contributed by atoms with E-state index in [4.69, 9.17) is 0 Å². The normalized spacial score (nSPS) is 9.09. The van der Waals surface area contributed by atoms with Crippen LogP contribution < -0.4 is 0 Å². The van der Waals surface area contributed by atoms with Gasteiger partial charge in [-0.15, -0.1) is 10.2 Å². The van der Waals surface area contributed by atoms with Gasteiger partial charge in [-0.1, -0.05) is 6.07 Å². The van der Waals surface area contributed by atoms with Crippen molar-refractivity contribution in [1.82, 2.24) is 20.4 Å².